The van der Waals surface area contributed by atoms with Crippen LogP contribution in [0.3, 0.4) is 0 Å². The van der Waals surface area contributed by atoms with Gasteiger partial charge < -0.3 is 14.8 Å². The Labute approximate surface area is 342 Å². The predicted octanol–water partition coefficient (Wildman–Crippen LogP) is 5.59. The number of halogens is 2. The van der Waals surface area contributed by atoms with Gasteiger partial charge in [0.2, 0.25) is 0 Å². The lowest BCUT2D eigenvalue weighted by Gasteiger charge is -2.25. The lowest BCUT2D eigenvalue weighted by atomic mass is 9.97. The molecule has 1 aliphatic rings. The summed E-state index contributed by atoms with van der Waals surface area (Å²) in [7, 11) is -1.35. The van der Waals surface area contributed by atoms with Gasteiger partial charge >= 0.3 is 11.7 Å². The van der Waals surface area contributed by atoms with E-state index in [-0.39, 0.29) is 29.7 Å². The van der Waals surface area contributed by atoms with Crippen molar-refractivity contribution in [3.05, 3.63) is 147 Å². The number of hydrogen-bond acceptors (Lipinski definition) is 10. The fourth-order valence-electron chi connectivity index (χ4n) is 7.05. The summed E-state index contributed by atoms with van der Waals surface area (Å²) in [6.45, 7) is 0.224. The van der Waals surface area contributed by atoms with Gasteiger partial charge in [-0.3, -0.25) is 18.9 Å². The van der Waals surface area contributed by atoms with E-state index >= 15 is 8.78 Å². The zero-order chi connectivity index (χ0) is 42.6. The van der Waals surface area contributed by atoms with Crippen LogP contribution in [-0.2, 0) is 44.4 Å². The normalized spacial score (nSPS) is 13.8. The van der Waals surface area contributed by atoms with E-state index in [0.717, 1.165) is 23.8 Å². The van der Waals surface area contributed by atoms with Gasteiger partial charge in [0.25, 0.3) is 21.5 Å². The molecular formula is C43H40F2N6O8S. The minimum absolute atomic E-state index is 0.144. The molecule has 310 valence electrons. The number of fused-ring (bicyclic) bond motifs is 1. The third-order valence-corrected chi connectivity index (χ3v) is 11.6. The summed E-state index contributed by atoms with van der Waals surface area (Å²) in [5.41, 5.74) is -0.152. The molecule has 60 heavy (non-hydrogen) atoms. The third-order valence-electron chi connectivity index (χ3n) is 10.3. The summed E-state index contributed by atoms with van der Waals surface area (Å²) < 4.78 is 72.6. The summed E-state index contributed by atoms with van der Waals surface area (Å²) in [5, 5.41) is 2.81. The summed E-state index contributed by atoms with van der Waals surface area (Å²) in [6.07, 6.45) is 6.56. The van der Waals surface area contributed by atoms with Crippen LogP contribution < -0.4 is 21.3 Å². The largest absolute Gasteiger partial charge is 0.461 e. The molecule has 0 spiro atoms. The Morgan fingerprint density at radius 3 is 2.25 bits per heavy atom. The van der Waals surface area contributed by atoms with E-state index in [2.05, 4.69) is 15.3 Å². The van der Waals surface area contributed by atoms with Crippen LogP contribution in [0.15, 0.2) is 112 Å². The Morgan fingerprint density at radius 2 is 1.57 bits per heavy atom. The number of carbonyl (C=O) groups excluding carboxylic acids is 2. The van der Waals surface area contributed by atoms with E-state index in [0.29, 0.717) is 58.4 Å². The van der Waals surface area contributed by atoms with Gasteiger partial charge in [-0.2, -0.15) is 0 Å². The van der Waals surface area contributed by atoms with Crippen LogP contribution in [0, 0.1) is 11.6 Å². The molecule has 1 aliphatic carbocycles. The second kappa shape index (κ2) is 17.7. The van der Waals surface area contributed by atoms with E-state index in [4.69, 9.17) is 9.47 Å². The number of carbonyl (C=O) groups is 2. The van der Waals surface area contributed by atoms with Crippen LogP contribution in [0.1, 0.15) is 53.8 Å². The van der Waals surface area contributed by atoms with E-state index in [1.807, 2.05) is 4.72 Å². The highest BCUT2D eigenvalue weighted by Crippen LogP contribution is 2.26. The number of sulfonamides is 1. The van der Waals surface area contributed by atoms with Crippen molar-refractivity contribution in [1.82, 2.24) is 24.4 Å². The number of ether oxygens (including phenoxy) is 2. The number of nitrogens with one attached hydrogen (secondary N) is 2. The van der Waals surface area contributed by atoms with Crippen LogP contribution in [0.25, 0.3) is 27.7 Å². The number of esters is 1. The highest BCUT2D eigenvalue weighted by Gasteiger charge is 2.29. The molecule has 1 saturated carbocycles. The van der Waals surface area contributed by atoms with Gasteiger partial charge in [0.15, 0.2) is 5.82 Å². The first-order valence-electron chi connectivity index (χ1n) is 19.1. The number of rotatable bonds is 13. The van der Waals surface area contributed by atoms with Crippen molar-refractivity contribution in [3.63, 3.8) is 0 Å². The molecule has 2 aromatic heterocycles. The van der Waals surface area contributed by atoms with Gasteiger partial charge in [-0.25, -0.2) is 41.3 Å². The Balaban J connectivity index is 1.09. The first-order valence-corrected chi connectivity index (χ1v) is 20.5. The minimum Gasteiger partial charge on any atom is -0.461 e. The van der Waals surface area contributed by atoms with E-state index in [9.17, 15) is 27.6 Å². The van der Waals surface area contributed by atoms with Crippen molar-refractivity contribution >= 4 is 38.5 Å². The number of amides is 1. The number of benzene rings is 4. The average molecular weight is 839 g/mol. The van der Waals surface area contributed by atoms with E-state index in [1.54, 1.807) is 55.8 Å². The SMILES string of the molecule is COCc1ncc(-c2ccc(S(=O)(=O)Nc3cc(F)c(C(=O)N[C@@H](Cc4ccc(-n5c(=O)c6ccccc6n(C)c5=O)cc4)C(=O)OC4CCCCC4)cc3F)cc2)cn1. The fourth-order valence-corrected chi connectivity index (χ4v) is 8.11. The highest BCUT2D eigenvalue weighted by atomic mass is 32.2. The van der Waals surface area contributed by atoms with Crippen molar-refractivity contribution in [2.75, 3.05) is 11.8 Å². The van der Waals surface area contributed by atoms with Gasteiger partial charge in [0, 0.05) is 44.6 Å². The van der Waals surface area contributed by atoms with Crippen LogP contribution in [0.2, 0.25) is 0 Å². The molecule has 0 aliphatic heterocycles. The summed E-state index contributed by atoms with van der Waals surface area (Å²) in [4.78, 5) is 61.8. The molecule has 2 N–H and O–H groups in total. The number of aryl methyl sites for hydroxylation is 1. The summed E-state index contributed by atoms with van der Waals surface area (Å²) in [6, 6.07) is 18.2. The molecule has 0 unspecified atom stereocenters. The summed E-state index contributed by atoms with van der Waals surface area (Å²) in [5.74, 6) is -3.97. The highest BCUT2D eigenvalue weighted by molar-refractivity contribution is 7.92. The van der Waals surface area contributed by atoms with Gasteiger partial charge in [-0.15, -0.1) is 0 Å². The van der Waals surface area contributed by atoms with Crippen LogP contribution in [0.4, 0.5) is 14.5 Å². The molecular weight excluding hydrogens is 799 g/mol. The molecule has 1 atom stereocenters. The Kier molecular flexibility index (Phi) is 12.3. The number of aromatic nitrogens is 4. The molecule has 14 nitrogen and oxygen atoms in total. The van der Waals surface area contributed by atoms with Crippen LogP contribution in [0.5, 0.6) is 0 Å². The molecule has 0 radical (unpaired) electrons. The zero-order valence-corrected chi connectivity index (χ0v) is 33.4. The monoisotopic (exact) mass is 838 g/mol. The van der Waals surface area contributed by atoms with Crippen LogP contribution >= 0.6 is 0 Å². The zero-order valence-electron chi connectivity index (χ0n) is 32.6. The Bertz CT molecular complexity index is 2790. The number of nitrogens with zero attached hydrogens (tertiary/aromatic N) is 4. The molecule has 2 heterocycles. The third kappa shape index (κ3) is 9.01. The predicted molar refractivity (Wildman–Crippen MR) is 218 cm³/mol. The first kappa shape index (κ1) is 41.6. The standard InChI is InChI=1S/C43H40F2N6O8S/c1-50-38-11-7-6-10-32(38)41(53)51(43(50)55)29-16-12-26(13-17-29)20-37(42(54)59-30-8-4-3-5-9-30)48-40(52)33-21-35(45)36(22-34(33)44)49-60(56,57)31-18-14-27(15-19-31)28-23-46-39(25-58-2)47-24-28/h6-7,10-19,21-24,30,37,49H,3-5,8-9,20,25H2,1-2H3,(H,48,52)/t37-/m0/s1. The molecule has 4 aromatic carbocycles. The summed E-state index contributed by atoms with van der Waals surface area (Å²) >= 11 is 0. The number of anilines is 1. The quantitative estimate of drug-likeness (QED) is 0.139. The molecule has 0 bridgehead atoms. The smallest absolute Gasteiger partial charge is 0.335 e. The molecule has 17 heteroatoms. The maximum atomic E-state index is 15.6. The maximum absolute atomic E-state index is 15.6. The second-order valence-electron chi connectivity index (χ2n) is 14.4. The van der Waals surface area contributed by atoms with Crippen molar-refractivity contribution < 1.29 is 36.3 Å². The molecule has 7 rings (SSSR count). The van der Waals surface area contributed by atoms with Gasteiger partial charge in [0.05, 0.1) is 32.7 Å². The lowest BCUT2D eigenvalue weighted by molar-refractivity contribution is -0.152. The molecule has 1 fully saturated rings. The number of methoxy groups -OCH3 is 1. The van der Waals surface area contributed by atoms with Gasteiger partial charge in [0.1, 0.15) is 30.4 Å². The van der Waals surface area contributed by atoms with Crippen molar-refractivity contribution in [3.8, 4) is 16.8 Å². The first-order chi connectivity index (χ1) is 28.8. The maximum Gasteiger partial charge on any atom is 0.335 e. The van der Waals surface area contributed by atoms with Crippen molar-refractivity contribution in [2.45, 2.75) is 62.2 Å². The van der Waals surface area contributed by atoms with Crippen molar-refractivity contribution in [1.29, 1.82) is 0 Å². The van der Waals surface area contributed by atoms with E-state index < -0.39 is 62.1 Å². The topological polar surface area (TPSA) is 181 Å². The molecule has 6 aromatic rings. The Hall–Kier alpha value is -6.59. The second-order valence-corrected chi connectivity index (χ2v) is 16.0. The van der Waals surface area contributed by atoms with E-state index in [1.165, 1.54) is 48.1 Å². The number of hydrogen-bond donors (Lipinski definition) is 2. The number of para-hydroxylation sites is 1. The van der Waals surface area contributed by atoms with Gasteiger partial charge in [-0.05, 0) is 79.3 Å². The lowest BCUT2D eigenvalue weighted by Crippen LogP contribution is -2.45. The fraction of sp³-hybridized carbons (Fsp3) is 0.256. The van der Waals surface area contributed by atoms with Crippen LogP contribution in [-0.4, -0.2) is 58.7 Å². The minimum atomic E-state index is -4.42. The molecule has 1 amide bonds. The Morgan fingerprint density at radius 1 is 0.883 bits per heavy atom. The van der Waals surface area contributed by atoms with Gasteiger partial charge in [-0.1, -0.05) is 42.8 Å². The average Bonchev–Trinajstić information content (AvgIpc) is 3.25. The molecule has 0 saturated heterocycles. The van der Waals surface area contributed by atoms with Crippen molar-refractivity contribution in [2.24, 2.45) is 7.05 Å².